The summed E-state index contributed by atoms with van der Waals surface area (Å²) in [6, 6.07) is 7.59. The maximum Gasteiger partial charge on any atom is 0.193 e. The molecule has 0 amide bonds. The molecule has 1 aromatic rings. The maximum absolute atomic E-state index is 10.1. The topological polar surface area (TPSA) is 57.6 Å². The number of likely N-dealkylation sites (N-methyl/N-ethyl adjacent to an activating group) is 1. The summed E-state index contributed by atoms with van der Waals surface area (Å²) in [7, 11) is 1.87. The van der Waals surface area contributed by atoms with Gasteiger partial charge in [0.2, 0.25) is 0 Å². The smallest absolute Gasteiger partial charge is 0.193 e. The number of hydrogen-bond acceptors (Lipinski definition) is 5. The van der Waals surface area contributed by atoms with Crippen LogP contribution in [0.3, 0.4) is 0 Å². The van der Waals surface area contributed by atoms with Crippen LogP contribution in [0.15, 0.2) is 29.3 Å². The summed E-state index contributed by atoms with van der Waals surface area (Å²) in [5.74, 6) is 1.93. The van der Waals surface area contributed by atoms with E-state index in [1.54, 1.807) is 6.07 Å². The third kappa shape index (κ3) is 6.00. The van der Waals surface area contributed by atoms with Crippen LogP contribution in [0.1, 0.15) is 13.8 Å². The van der Waals surface area contributed by atoms with Crippen molar-refractivity contribution in [3.63, 3.8) is 0 Å². The minimum Gasteiger partial charge on any atom is -0.506 e. The van der Waals surface area contributed by atoms with Crippen LogP contribution in [0.4, 0.5) is 5.69 Å². The highest BCUT2D eigenvalue weighted by Crippen LogP contribution is 2.27. The monoisotopic (exact) mass is 402 g/mol. The zero-order chi connectivity index (χ0) is 20.6. The Morgan fingerprint density at radius 1 is 1.03 bits per heavy atom. The summed E-state index contributed by atoms with van der Waals surface area (Å²) < 4.78 is 0. The van der Waals surface area contributed by atoms with E-state index in [1.165, 1.54) is 32.7 Å². The van der Waals surface area contributed by atoms with Crippen molar-refractivity contribution in [1.82, 2.24) is 20.0 Å². The number of benzene rings is 1. The Kier molecular flexibility index (Phi) is 8.00. The standard InChI is InChI=1S/C22H38N6O/c1-4-25-9-11-26(12-10-25)18-19(2)17-24-22(23-3)28-15-13-27(14-16-28)20-7-5-6-8-21(20)29/h5-8,19,29H,4,9-18H2,1-3H3,(H,23,24). The van der Waals surface area contributed by atoms with E-state index in [-0.39, 0.29) is 0 Å². The van der Waals surface area contributed by atoms with Gasteiger partial charge in [0.05, 0.1) is 5.69 Å². The predicted octanol–water partition coefficient (Wildman–Crippen LogP) is 1.36. The largest absolute Gasteiger partial charge is 0.506 e. The lowest BCUT2D eigenvalue weighted by Crippen LogP contribution is -2.53. The van der Waals surface area contributed by atoms with Crippen molar-refractivity contribution in [1.29, 1.82) is 0 Å². The van der Waals surface area contributed by atoms with E-state index >= 15 is 0 Å². The molecule has 0 spiro atoms. The molecule has 1 aromatic carbocycles. The number of nitrogens with zero attached hydrogens (tertiary/aromatic N) is 5. The Balaban J connectivity index is 1.41. The first-order valence-corrected chi connectivity index (χ1v) is 11.0. The van der Waals surface area contributed by atoms with Gasteiger partial charge in [0.1, 0.15) is 5.75 Å². The lowest BCUT2D eigenvalue weighted by atomic mass is 10.1. The first-order valence-electron chi connectivity index (χ1n) is 11.0. The third-order valence-electron chi connectivity index (χ3n) is 6.10. The number of piperazine rings is 2. The van der Waals surface area contributed by atoms with E-state index in [9.17, 15) is 5.11 Å². The van der Waals surface area contributed by atoms with Gasteiger partial charge >= 0.3 is 0 Å². The molecule has 2 fully saturated rings. The molecule has 2 saturated heterocycles. The Morgan fingerprint density at radius 3 is 2.31 bits per heavy atom. The second-order valence-electron chi connectivity index (χ2n) is 8.23. The highest BCUT2D eigenvalue weighted by molar-refractivity contribution is 5.80. The fourth-order valence-electron chi connectivity index (χ4n) is 4.28. The van der Waals surface area contributed by atoms with Gasteiger partial charge in [0, 0.05) is 72.5 Å². The van der Waals surface area contributed by atoms with E-state index < -0.39 is 0 Å². The van der Waals surface area contributed by atoms with Crippen LogP contribution >= 0.6 is 0 Å². The molecule has 2 heterocycles. The van der Waals surface area contributed by atoms with Crippen LogP contribution in [-0.4, -0.2) is 105 Å². The molecule has 7 nitrogen and oxygen atoms in total. The number of hydrogen-bond donors (Lipinski definition) is 2. The highest BCUT2D eigenvalue weighted by atomic mass is 16.3. The molecule has 162 valence electrons. The molecule has 0 saturated carbocycles. The second kappa shape index (κ2) is 10.7. The lowest BCUT2D eigenvalue weighted by Gasteiger charge is -2.38. The molecule has 7 heteroatoms. The van der Waals surface area contributed by atoms with Crippen LogP contribution in [0.25, 0.3) is 0 Å². The van der Waals surface area contributed by atoms with Gasteiger partial charge in [0.25, 0.3) is 0 Å². The number of guanidine groups is 1. The van der Waals surface area contributed by atoms with Crippen LogP contribution in [0.5, 0.6) is 5.75 Å². The van der Waals surface area contributed by atoms with Gasteiger partial charge in [-0.25, -0.2) is 0 Å². The van der Waals surface area contributed by atoms with E-state index in [1.807, 2.05) is 25.2 Å². The fourth-order valence-corrected chi connectivity index (χ4v) is 4.28. The van der Waals surface area contributed by atoms with Crippen molar-refractivity contribution in [3.05, 3.63) is 24.3 Å². The zero-order valence-electron chi connectivity index (χ0n) is 18.3. The number of rotatable bonds is 6. The molecule has 2 aliphatic heterocycles. The fraction of sp³-hybridized carbons (Fsp3) is 0.682. The van der Waals surface area contributed by atoms with Gasteiger partial charge in [-0.2, -0.15) is 0 Å². The summed E-state index contributed by atoms with van der Waals surface area (Å²) in [4.78, 5) is 14.2. The van der Waals surface area contributed by atoms with E-state index in [0.29, 0.717) is 11.7 Å². The van der Waals surface area contributed by atoms with Crippen molar-refractivity contribution < 1.29 is 5.11 Å². The molecule has 0 aliphatic carbocycles. The van der Waals surface area contributed by atoms with Gasteiger partial charge in [-0.15, -0.1) is 0 Å². The number of anilines is 1. The molecule has 3 rings (SSSR count). The van der Waals surface area contributed by atoms with Gasteiger partial charge in [0.15, 0.2) is 5.96 Å². The number of phenolic OH excluding ortho intramolecular Hbond substituents is 1. The Bertz CT molecular complexity index is 650. The van der Waals surface area contributed by atoms with Crippen molar-refractivity contribution in [3.8, 4) is 5.75 Å². The third-order valence-corrected chi connectivity index (χ3v) is 6.10. The first-order chi connectivity index (χ1) is 14.1. The molecule has 29 heavy (non-hydrogen) atoms. The number of nitrogens with one attached hydrogen (secondary N) is 1. The van der Waals surface area contributed by atoms with Crippen LogP contribution < -0.4 is 10.2 Å². The number of phenols is 1. The Labute approximate surface area is 176 Å². The number of para-hydroxylation sites is 2. The van der Waals surface area contributed by atoms with Crippen LogP contribution in [-0.2, 0) is 0 Å². The van der Waals surface area contributed by atoms with E-state index in [2.05, 4.69) is 43.8 Å². The molecule has 0 radical (unpaired) electrons. The average molecular weight is 403 g/mol. The predicted molar refractivity (Wildman–Crippen MR) is 121 cm³/mol. The Morgan fingerprint density at radius 2 is 1.69 bits per heavy atom. The second-order valence-corrected chi connectivity index (χ2v) is 8.23. The summed E-state index contributed by atoms with van der Waals surface area (Å²) in [6.45, 7) is 16.1. The molecule has 0 bridgehead atoms. The van der Waals surface area contributed by atoms with Crippen molar-refractivity contribution in [2.45, 2.75) is 13.8 Å². The summed E-state index contributed by atoms with van der Waals surface area (Å²) in [5.41, 5.74) is 0.923. The minimum atomic E-state index is 0.358. The Hall–Kier alpha value is -1.99. The normalized spacial score (nSPS) is 20.7. The number of aliphatic imine (C=N–C) groups is 1. The van der Waals surface area contributed by atoms with E-state index in [0.717, 1.165) is 50.9 Å². The van der Waals surface area contributed by atoms with Crippen LogP contribution in [0.2, 0.25) is 0 Å². The quantitative estimate of drug-likeness (QED) is 0.554. The lowest BCUT2D eigenvalue weighted by molar-refractivity contribution is 0.124. The molecule has 1 unspecified atom stereocenters. The van der Waals surface area contributed by atoms with E-state index in [4.69, 9.17) is 0 Å². The zero-order valence-corrected chi connectivity index (χ0v) is 18.3. The SMILES string of the molecule is CCN1CCN(CC(C)CNC(=NC)N2CCN(c3ccccc3O)CC2)CC1. The van der Waals surface area contributed by atoms with Crippen molar-refractivity contribution >= 4 is 11.6 Å². The van der Waals surface area contributed by atoms with Gasteiger partial charge in [-0.3, -0.25) is 4.99 Å². The minimum absolute atomic E-state index is 0.358. The van der Waals surface area contributed by atoms with Crippen molar-refractivity contribution in [2.75, 3.05) is 83.9 Å². The molecular formula is C22H38N6O. The molecular weight excluding hydrogens is 364 g/mol. The first kappa shape index (κ1) is 21.7. The number of aromatic hydroxyl groups is 1. The van der Waals surface area contributed by atoms with Gasteiger partial charge in [-0.05, 0) is 24.6 Å². The molecule has 2 aliphatic rings. The molecule has 1 atom stereocenters. The van der Waals surface area contributed by atoms with Crippen LogP contribution in [0, 0.1) is 5.92 Å². The summed E-state index contributed by atoms with van der Waals surface area (Å²) in [6.07, 6.45) is 0. The maximum atomic E-state index is 10.1. The summed E-state index contributed by atoms with van der Waals surface area (Å²) in [5, 5.41) is 13.7. The average Bonchev–Trinajstić information content (AvgIpc) is 2.75. The van der Waals surface area contributed by atoms with Crippen molar-refractivity contribution in [2.24, 2.45) is 10.9 Å². The highest BCUT2D eigenvalue weighted by Gasteiger charge is 2.22. The van der Waals surface area contributed by atoms with Gasteiger partial charge in [-0.1, -0.05) is 26.0 Å². The molecule has 2 N–H and O–H groups in total. The summed E-state index contributed by atoms with van der Waals surface area (Å²) >= 11 is 0. The molecule has 0 aromatic heterocycles. The van der Waals surface area contributed by atoms with Gasteiger partial charge < -0.3 is 30.0 Å².